The normalized spacial score (nSPS) is 13.8. The molecule has 2 amide bonds. The molecule has 0 unspecified atom stereocenters. The van der Waals surface area contributed by atoms with Crippen molar-refractivity contribution in [2.45, 2.75) is 0 Å². The SMILES string of the molecule is COc1cc(C(=O)N2CCN(C(=O)c3ccc(F)cc3Cl)CC2)cc(OC)c1OC. The lowest BCUT2D eigenvalue weighted by atomic mass is 10.1. The summed E-state index contributed by atoms with van der Waals surface area (Å²) in [6, 6.07) is 6.87. The summed E-state index contributed by atoms with van der Waals surface area (Å²) < 4.78 is 29.1. The first kappa shape index (κ1) is 21.7. The summed E-state index contributed by atoms with van der Waals surface area (Å²) in [5.74, 6) is 0.182. The number of benzene rings is 2. The third-order valence-electron chi connectivity index (χ3n) is 4.93. The monoisotopic (exact) mass is 436 g/mol. The molecule has 1 aliphatic heterocycles. The fourth-order valence-electron chi connectivity index (χ4n) is 3.33. The average Bonchev–Trinajstić information content (AvgIpc) is 2.77. The van der Waals surface area contributed by atoms with Gasteiger partial charge in [-0.2, -0.15) is 0 Å². The van der Waals surface area contributed by atoms with Crippen molar-refractivity contribution in [2.24, 2.45) is 0 Å². The molecule has 0 atom stereocenters. The Hall–Kier alpha value is -3.00. The molecular weight excluding hydrogens is 415 g/mol. The first-order chi connectivity index (χ1) is 14.4. The van der Waals surface area contributed by atoms with Gasteiger partial charge in [0.1, 0.15) is 5.82 Å². The van der Waals surface area contributed by atoms with Gasteiger partial charge in [-0.25, -0.2) is 4.39 Å². The second kappa shape index (κ2) is 9.21. The number of carbonyl (C=O) groups excluding carboxylic acids is 2. The van der Waals surface area contributed by atoms with Gasteiger partial charge in [0.05, 0.1) is 31.9 Å². The van der Waals surface area contributed by atoms with Crippen LogP contribution in [0.4, 0.5) is 4.39 Å². The molecule has 0 aromatic heterocycles. The number of rotatable bonds is 5. The third-order valence-corrected chi connectivity index (χ3v) is 5.24. The van der Waals surface area contributed by atoms with E-state index in [4.69, 9.17) is 25.8 Å². The number of piperazine rings is 1. The summed E-state index contributed by atoms with van der Waals surface area (Å²) in [6.07, 6.45) is 0. The number of halogens is 2. The molecule has 1 fully saturated rings. The molecule has 2 aromatic rings. The molecule has 9 heteroatoms. The topological polar surface area (TPSA) is 68.3 Å². The zero-order valence-electron chi connectivity index (χ0n) is 16.9. The molecule has 2 aromatic carbocycles. The maximum absolute atomic E-state index is 13.2. The Morgan fingerprint density at radius 3 is 1.87 bits per heavy atom. The number of hydrogen-bond donors (Lipinski definition) is 0. The molecular formula is C21H22ClFN2O5. The number of hydrogen-bond acceptors (Lipinski definition) is 5. The average molecular weight is 437 g/mol. The first-order valence-electron chi connectivity index (χ1n) is 9.23. The van der Waals surface area contributed by atoms with Gasteiger partial charge < -0.3 is 24.0 Å². The predicted octanol–water partition coefficient (Wildman–Crippen LogP) is 3.10. The Bertz CT molecular complexity index is 935. The number of methoxy groups -OCH3 is 3. The number of amides is 2. The Morgan fingerprint density at radius 2 is 1.40 bits per heavy atom. The van der Waals surface area contributed by atoms with E-state index in [9.17, 15) is 14.0 Å². The summed E-state index contributed by atoms with van der Waals surface area (Å²) >= 11 is 6.00. The lowest BCUT2D eigenvalue weighted by molar-refractivity contribution is 0.0535. The van der Waals surface area contributed by atoms with Gasteiger partial charge >= 0.3 is 0 Å². The van der Waals surface area contributed by atoms with Crippen LogP contribution in [-0.4, -0.2) is 69.1 Å². The molecule has 0 saturated carbocycles. The Morgan fingerprint density at radius 1 is 0.867 bits per heavy atom. The van der Waals surface area contributed by atoms with Gasteiger partial charge in [-0.1, -0.05) is 11.6 Å². The van der Waals surface area contributed by atoms with Crippen molar-refractivity contribution in [1.82, 2.24) is 9.80 Å². The van der Waals surface area contributed by atoms with Crippen LogP contribution in [0, 0.1) is 5.82 Å². The smallest absolute Gasteiger partial charge is 0.255 e. The van der Waals surface area contributed by atoms with Crippen LogP contribution >= 0.6 is 11.6 Å². The quantitative estimate of drug-likeness (QED) is 0.720. The van der Waals surface area contributed by atoms with E-state index in [-0.39, 0.29) is 22.4 Å². The molecule has 0 radical (unpaired) electrons. The highest BCUT2D eigenvalue weighted by molar-refractivity contribution is 6.33. The molecule has 1 aliphatic rings. The number of nitrogens with zero attached hydrogens (tertiary/aromatic N) is 2. The van der Waals surface area contributed by atoms with Gasteiger partial charge in [0, 0.05) is 31.7 Å². The maximum Gasteiger partial charge on any atom is 0.255 e. The van der Waals surface area contributed by atoms with E-state index < -0.39 is 5.82 Å². The van der Waals surface area contributed by atoms with Crippen LogP contribution in [0.2, 0.25) is 5.02 Å². The summed E-state index contributed by atoms with van der Waals surface area (Å²) in [4.78, 5) is 28.9. The molecule has 3 rings (SSSR count). The Labute approximate surface area is 178 Å². The van der Waals surface area contributed by atoms with E-state index in [1.165, 1.54) is 33.5 Å². The number of ether oxygens (including phenoxy) is 3. The second-order valence-corrected chi connectivity index (χ2v) is 7.03. The van der Waals surface area contributed by atoms with Crippen molar-refractivity contribution in [3.05, 3.63) is 52.3 Å². The van der Waals surface area contributed by atoms with Gasteiger partial charge in [-0.3, -0.25) is 9.59 Å². The largest absolute Gasteiger partial charge is 0.493 e. The van der Waals surface area contributed by atoms with Crippen molar-refractivity contribution in [3.8, 4) is 17.2 Å². The lowest BCUT2D eigenvalue weighted by Gasteiger charge is -2.35. The molecule has 0 spiro atoms. The van der Waals surface area contributed by atoms with Gasteiger partial charge in [0.2, 0.25) is 5.75 Å². The minimum absolute atomic E-state index is 0.0657. The zero-order chi connectivity index (χ0) is 21.8. The Kier molecular flexibility index (Phi) is 6.66. The van der Waals surface area contributed by atoms with Crippen LogP contribution in [0.5, 0.6) is 17.2 Å². The molecule has 0 N–H and O–H groups in total. The van der Waals surface area contributed by atoms with Gasteiger partial charge in [-0.05, 0) is 30.3 Å². The van der Waals surface area contributed by atoms with Crippen molar-refractivity contribution < 1.29 is 28.2 Å². The van der Waals surface area contributed by atoms with Crippen LogP contribution in [0.1, 0.15) is 20.7 Å². The highest BCUT2D eigenvalue weighted by atomic mass is 35.5. The van der Waals surface area contributed by atoms with Crippen LogP contribution in [-0.2, 0) is 0 Å². The van der Waals surface area contributed by atoms with Crippen LogP contribution < -0.4 is 14.2 Å². The molecule has 1 saturated heterocycles. The van der Waals surface area contributed by atoms with Crippen LogP contribution in [0.3, 0.4) is 0 Å². The first-order valence-corrected chi connectivity index (χ1v) is 9.61. The third kappa shape index (κ3) is 4.28. The molecule has 0 bridgehead atoms. The van der Waals surface area contributed by atoms with Gasteiger partial charge in [-0.15, -0.1) is 0 Å². The molecule has 1 heterocycles. The van der Waals surface area contributed by atoms with E-state index in [2.05, 4.69) is 0 Å². The second-order valence-electron chi connectivity index (χ2n) is 6.62. The molecule has 7 nitrogen and oxygen atoms in total. The zero-order valence-corrected chi connectivity index (χ0v) is 17.7. The standard InChI is InChI=1S/C21H22ClFN2O5/c1-28-17-10-13(11-18(29-2)19(17)30-3)20(26)24-6-8-25(9-7-24)21(27)15-5-4-14(23)12-16(15)22/h4-5,10-12H,6-9H2,1-3H3. The minimum Gasteiger partial charge on any atom is -0.493 e. The minimum atomic E-state index is -0.502. The summed E-state index contributed by atoms with van der Waals surface area (Å²) in [6.45, 7) is 1.37. The van der Waals surface area contributed by atoms with E-state index in [1.54, 1.807) is 21.9 Å². The predicted molar refractivity (Wildman–Crippen MR) is 109 cm³/mol. The van der Waals surface area contributed by atoms with Crippen molar-refractivity contribution >= 4 is 23.4 Å². The molecule has 160 valence electrons. The van der Waals surface area contributed by atoms with Crippen molar-refractivity contribution in [3.63, 3.8) is 0 Å². The maximum atomic E-state index is 13.2. The van der Waals surface area contributed by atoms with E-state index in [0.29, 0.717) is 49.0 Å². The molecule has 0 aliphatic carbocycles. The van der Waals surface area contributed by atoms with Crippen molar-refractivity contribution in [2.75, 3.05) is 47.5 Å². The van der Waals surface area contributed by atoms with Crippen LogP contribution in [0.25, 0.3) is 0 Å². The molecule has 30 heavy (non-hydrogen) atoms. The highest BCUT2D eigenvalue weighted by Gasteiger charge is 2.28. The fourth-order valence-corrected chi connectivity index (χ4v) is 3.58. The number of carbonyl (C=O) groups is 2. The summed E-state index contributed by atoms with van der Waals surface area (Å²) in [7, 11) is 4.46. The van der Waals surface area contributed by atoms with Crippen molar-refractivity contribution in [1.29, 1.82) is 0 Å². The van der Waals surface area contributed by atoms with E-state index in [0.717, 1.165) is 6.07 Å². The lowest BCUT2D eigenvalue weighted by Crippen LogP contribution is -2.50. The summed E-state index contributed by atoms with van der Waals surface area (Å²) in [5, 5.41) is 0.0657. The summed E-state index contributed by atoms with van der Waals surface area (Å²) in [5.41, 5.74) is 0.633. The van der Waals surface area contributed by atoms with E-state index >= 15 is 0 Å². The highest BCUT2D eigenvalue weighted by Crippen LogP contribution is 2.38. The van der Waals surface area contributed by atoms with E-state index in [1.807, 2.05) is 0 Å². The van der Waals surface area contributed by atoms with Crippen LogP contribution in [0.15, 0.2) is 30.3 Å². The fraction of sp³-hybridized carbons (Fsp3) is 0.333. The Balaban J connectivity index is 1.72. The van der Waals surface area contributed by atoms with Gasteiger partial charge in [0.25, 0.3) is 11.8 Å². The van der Waals surface area contributed by atoms with Gasteiger partial charge in [0.15, 0.2) is 11.5 Å².